The lowest BCUT2D eigenvalue weighted by Crippen LogP contribution is -2.47. The van der Waals surface area contributed by atoms with Gasteiger partial charge in [-0.25, -0.2) is 0 Å². The van der Waals surface area contributed by atoms with Gasteiger partial charge in [-0.1, -0.05) is 142 Å². The van der Waals surface area contributed by atoms with Gasteiger partial charge in [0.15, 0.2) is 0 Å². The molecule has 216 valence electrons. The van der Waals surface area contributed by atoms with Crippen LogP contribution in [0, 0.1) is 0 Å². The average Bonchev–Trinajstić information content (AvgIpc) is 2.82. The number of hydrogen-bond acceptors (Lipinski definition) is 4. The first-order chi connectivity index (χ1) is 17.3. The highest BCUT2D eigenvalue weighted by atomic mass is 32.2. The number of carbonyl (C=O) groups excluding carboxylic acids is 1. The summed E-state index contributed by atoms with van der Waals surface area (Å²) in [6.45, 7) is 4.45. The molecule has 0 saturated carbocycles. The minimum Gasteiger partial charge on any atom is -0.391 e. The van der Waals surface area contributed by atoms with Crippen LogP contribution in [-0.2, 0) is 14.9 Å². The molecule has 0 fully saturated rings. The third-order valence-electron chi connectivity index (χ3n) is 7.06. The van der Waals surface area contributed by atoms with Crippen LogP contribution >= 0.6 is 0 Å². The zero-order valence-corrected chi connectivity index (χ0v) is 24.5. The van der Waals surface area contributed by atoms with Crippen LogP contribution in [0.2, 0.25) is 0 Å². The number of unbranched alkanes of at least 4 members (excludes halogenated alkanes) is 19. The Morgan fingerprint density at radius 3 is 1.39 bits per heavy atom. The molecule has 0 spiro atoms. The lowest BCUT2D eigenvalue weighted by atomic mass is 10.0. The molecule has 0 aromatic rings. The molecule has 1 amide bonds. The van der Waals surface area contributed by atoms with E-state index in [0.29, 0.717) is 12.8 Å². The minimum atomic E-state index is -4.29. The number of carbonyl (C=O) groups is 1. The molecular weight excluding hydrogens is 474 g/mol. The van der Waals surface area contributed by atoms with E-state index < -0.39 is 28.0 Å². The van der Waals surface area contributed by atoms with Crippen molar-refractivity contribution in [2.24, 2.45) is 0 Å². The molecule has 0 aliphatic heterocycles. The van der Waals surface area contributed by atoms with Crippen LogP contribution in [0.5, 0.6) is 0 Å². The Morgan fingerprint density at radius 1 is 0.639 bits per heavy atom. The fourth-order valence-electron chi connectivity index (χ4n) is 4.75. The Morgan fingerprint density at radius 2 is 1.00 bits per heavy atom. The van der Waals surface area contributed by atoms with Gasteiger partial charge in [-0.3, -0.25) is 9.35 Å². The highest BCUT2D eigenvalue weighted by Gasteiger charge is 2.26. The van der Waals surface area contributed by atoms with Crippen LogP contribution in [0.3, 0.4) is 0 Å². The number of nitrogens with one attached hydrogen (secondary N) is 1. The number of rotatable bonds is 27. The summed E-state index contributed by atoms with van der Waals surface area (Å²) in [6.07, 6.45) is 24.8. The van der Waals surface area contributed by atoms with Crippen molar-refractivity contribution in [3.05, 3.63) is 0 Å². The van der Waals surface area contributed by atoms with Crippen LogP contribution in [0.25, 0.3) is 0 Å². The Labute approximate surface area is 223 Å². The van der Waals surface area contributed by atoms with Gasteiger partial charge in [0.2, 0.25) is 5.91 Å². The van der Waals surface area contributed by atoms with Gasteiger partial charge < -0.3 is 10.4 Å². The molecule has 0 aromatic carbocycles. The van der Waals surface area contributed by atoms with E-state index in [0.717, 1.165) is 38.5 Å². The Hall–Kier alpha value is -0.660. The fourth-order valence-corrected chi connectivity index (χ4v) is 5.51. The van der Waals surface area contributed by atoms with Crippen LogP contribution in [-0.4, -0.2) is 41.9 Å². The highest BCUT2D eigenvalue weighted by Crippen LogP contribution is 2.15. The molecule has 3 N–H and O–H groups in total. The monoisotopic (exact) mass is 533 g/mol. The fraction of sp³-hybridized carbons (Fsp3) is 0.966. The summed E-state index contributed by atoms with van der Waals surface area (Å²) in [7, 11) is -4.29. The van der Waals surface area contributed by atoms with E-state index in [1.54, 1.807) is 0 Å². The van der Waals surface area contributed by atoms with Crippen molar-refractivity contribution in [3.63, 3.8) is 0 Å². The first kappa shape index (κ1) is 35.3. The molecule has 0 aliphatic carbocycles. The maximum atomic E-state index is 12.3. The summed E-state index contributed by atoms with van der Waals surface area (Å²) in [5.41, 5.74) is 0. The molecule has 36 heavy (non-hydrogen) atoms. The predicted molar refractivity (Wildman–Crippen MR) is 152 cm³/mol. The molecule has 0 aliphatic rings. The van der Waals surface area contributed by atoms with E-state index in [-0.39, 0.29) is 5.91 Å². The van der Waals surface area contributed by atoms with Crippen molar-refractivity contribution in [1.29, 1.82) is 0 Å². The lowest BCUT2D eigenvalue weighted by Gasteiger charge is -2.23. The molecular formula is C29H59NO5S. The zero-order chi connectivity index (χ0) is 26.9. The Balaban J connectivity index is 4.01. The second-order valence-electron chi connectivity index (χ2n) is 10.7. The maximum Gasteiger partial charge on any atom is 0.266 e. The average molecular weight is 534 g/mol. The van der Waals surface area contributed by atoms with Crippen molar-refractivity contribution in [1.82, 2.24) is 5.32 Å². The molecule has 0 radical (unpaired) electrons. The number of aliphatic hydroxyl groups excluding tert-OH is 1. The van der Waals surface area contributed by atoms with E-state index in [1.165, 1.54) is 96.3 Å². The number of aliphatic hydroxyl groups is 1. The summed E-state index contributed by atoms with van der Waals surface area (Å²) < 4.78 is 32.1. The quantitative estimate of drug-likeness (QED) is 0.0740. The summed E-state index contributed by atoms with van der Waals surface area (Å²) in [4.78, 5) is 12.3. The van der Waals surface area contributed by atoms with Gasteiger partial charge in [0, 0.05) is 6.42 Å². The summed E-state index contributed by atoms with van der Waals surface area (Å²) in [6, 6.07) is -0.959. The van der Waals surface area contributed by atoms with Crippen molar-refractivity contribution in [3.8, 4) is 0 Å². The van der Waals surface area contributed by atoms with Gasteiger partial charge in [-0.15, -0.1) is 0 Å². The van der Waals surface area contributed by atoms with E-state index >= 15 is 0 Å². The van der Waals surface area contributed by atoms with E-state index in [4.69, 9.17) is 0 Å². The summed E-state index contributed by atoms with van der Waals surface area (Å²) in [5.74, 6) is -0.893. The van der Waals surface area contributed by atoms with Gasteiger partial charge in [-0.05, 0) is 12.8 Å². The molecule has 0 rings (SSSR count). The first-order valence-electron chi connectivity index (χ1n) is 15.2. The number of amides is 1. The Kier molecular flexibility index (Phi) is 24.2. The van der Waals surface area contributed by atoms with Gasteiger partial charge in [0.05, 0.1) is 17.9 Å². The van der Waals surface area contributed by atoms with E-state index in [1.807, 2.05) is 0 Å². The van der Waals surface area contributed by atoms with Crippen molar-refractivity contribution in [2.75, 3.05) is 5.75 Å². The van der Waals surface area contributed by atoms with Gasteiger partial charge >= 0.3 is 0 Å². The second kappa shape index (κ2) is 24.7. The Bertz CT molecular complexity index is 596. The molecule has 2 atom stereocenters. The number of hydrogen-bond donors (Lipinski definition) is 3. The van der Waals surface area contributed by atoms with Crippen LogP contribution in [0.1, 0.15) is 162 Å². The molecule has 6 nitrogen and oxygen atoms in total. The van der Waals surface area contributed by atoms with Crippen LogP contribution < -0.4 is 5.32 Å². The normalized spacial score (nSPS) is 13.6. The third kappa shape index (κ3) is 25.0. The predicted octanol–water partition coefficient (Wildman–Crippen LogP) is 7.73. The largest absolute Gasteiger partial charge is 0.391 e. The zero-order valence-electron chi connectivity index (χ0n) is 23.7. The van der Waals surface area contributed by atoms with Gasteiger partial charge in [-0.2, -0.15) is 8.42 Å². The first-order valence-corrected chi connectivity index (χ1v) is 16.8. The third-order valence-corrected chi connectivity index (χ3v) is 7.84. The summed E-state index contributed by atoms with van der Waals surface area (Å²) >= 11 is 0. The molecule has 2 unspecified atom stereocenters. The van der Waals surface area contributed by atoms with Crippen LogP contribution in [0.15, 0.2) is 0 Å². The van der Waals surface area contributed by atoms with Crippen molar-refractivity contribution in [2.45, 2.75) is 174 Å². The molecule has 0 heterocycles. The van der Waals surface area contributed by atoms with Crippen molar-refractivity contribution < 1.29 is 22.9 Å². The maximum absolute atomic E-state index is 12.3. The highest BCUT2D eigenvalue weighted by molar-refractivity contribution is 7.85. The molecule has 0 saturated heterocycles. The standard InChI is InChI=1S/C29H59NO5S/c1-3-5-7-9-11-13-14-15-17-18-20-22-24-28(31)27(26-36(33,34)35)30-29(32)25-23-21-19-16-12-10-8-6-4-2/h27-28,31H,3-26H2,1-2H3,(H,30,32)(H,33,34,35). The van der Waals surface area contributed by atoms with Crippen LogP contribution in [0.4, 0.5) is 0 Å². The second-order valence-corrected chi connectivity index (χ2v) is 12.2. The molecule has 0 bridgehead atoms. The minimum absolute atomic E-state index is 0.250. The van der Waals surface area contributed by atoms with Gasteiger partial charge in [0.1, 0.15) is 0 Å². The molecule has 0 aromatic heterocycles. The van der Waals surface area contributed by atoms with Crippen molar-refractivity contribution >= 4 is 16.0 Å². The SMILES string of the molecule is CCCCCCCCCCCCCCC(O)C(CS(=O)(=O)O)NC(=O)CCCCCCCCCCC. The van der Waals surface area contributed by atoms with E-state index in [2.05, 4.69) is 19.2 Å². The smallest absolute Gasteiger partial charge is 0.266 e. The summed E-state index contributed by atoms with van der Waals surface area (Å²) in [5, 5.41) is 13.2. The van der Waals surface area contributed by atoms with E-state index in [9.17, 15) is 22.9 Å². The van der Waals surface area contributed by atoms with Gasteiger partial charge in [0.25, 0.3) is 10.1 Å². The molecule has 7 heteroatoms. The lowest BCUT2D eigenvalue weighted by molar-refractivity contribution is -0.122. The topological polar surface area (TPSA) is 104 Å².